The van der Waals surface area contributed by atoms with Gasteiger partial charge < -0.3 is 25.0 Å². The molecule has 0 spiro atoms. The zero-order chi connectivity index (χ0) is 22.7. The highest BCUT2D eigenvalue weighted by Crippen LogP contribution is 2.20. The largest absolute Gasteiger partial charge is 0.394 e. The lowest BCUT2D eigenvalue weighted by Gasteiger charge is -2.23. The number of aryl methyl sites for hydroxylation is 3. The maximum atomic E-state index is 13.3. The van der Waals surface area contributed by atoms with Gasteiger partial charge in [-0.2, -0.15) is 4.80 Å². The topological polar surface area (TPSA) is 159 Å². The monoisotopic (exact) mass is 432 g/mol. The van der Waals surface area contributed by atoms with Crippen molar-refractivity contribution < 1.29 is 20.4 Å². The first kappa shape index (κ1) is 22.9. The molecular weight excluding hydrogens is 404 g/mol. The Morgan fingerprint density at radius 3 is 2.48 bits per heavy atom. The smallest absolute Gasteiger partial charge is 0.281 e. The number of tetrazole rings is 1. The lowest BCUT2D eigenvalue weighted by molar-refractivity contribution is -0.0805. The highest BCUT2D eigenvalue weighted by molar-refractivity contribution is 5.78. The fourth-order valence-electron chi connectivity index (χ4n) is 3.22. The van der Waals surface area contributed by atoms with Gasteiger partial charge >= 0.3 is 0 Å². The molecule has 0 bridgehead atoms. The lowest BCUT2D eigenvalue weighted by Crippen LogP contribution is -2.43. The minimum absolute atomic E-state index is 0.0251. The second-order valence-corrected chi connectivity index (χ2v) is 7.67. The molecule has 3 aromatic rings. The average molecular weight is 432 g/mol. The molecule has 0 radical (unpaired) electrons. The fourth-order valence-corrected chi connectivity index (χ4v) is 3.22. The van der Waals surface area contributed by atoms with Crippen molar-refractivity contribution in [3.8, 4) is 11.5 Å². The molecule has 31 heavy (non-hydrogen) atoms. The van der Waals surface area contributed by atoms with Gasteiger partial charge in [0.1, 0.15) is 18.3 Å². The van der Waals surface area contributed by atoms with E-state index < -0.39 is 30.5 Å². The molecule has 1 aromatic carbocycles. The van der Waals surface area contributed by atoms with Crippen LogP contribution in [0.2, 0.25) is 0 Å². The van der Waals surface area contributed by atoms with Crippen LogP contribution in [-0.4, -0.2) is 75.1 Å². The van der Waals surface area contributed by atoms with E-state index in [0.29, 0.717) is 17.6 Å². The Balaban J connectivity index is 2.12. The third-order valence-corrected chi connectivity index (χ3v) is 5.28. The number of hydrogen-bond donors (Lipinski definition) is 4. The number of aliphatic hydroxyl groups is 4. The zero-order valence-corrected chi connectivity index (χ0v) is 17.8. The summed E-state index contributed by atoms with van der Waals surface area (Å²) in [6, 6.07) is 3.59. The van der Waals surface area contributed by atoms with Gasteiger partial charge in [0.05, 0.1) is 30.7 Å². The van der Waals surface area contributed by atoms with E-state index in [-0.39, 0.29) is 18.1 Å². The summed E-state index contributed by atoms with van der Waals surface area (Å²) < 4.78 is 1.27. The molecule has 3 rings (SSSR count). The van der Waals surface area contributed by atoms with Gasteiger partial charge in [0.2, 0.25) is 5.82 Å². The standard InChI is InChI=1S/C20H28N6O5/c1-4-5-6-26-23-19(22-24-26)17-20(31)25(9-15(28)18(30)16(29)10-27)14-8-12(3)11(2)7-13(14)21-17/h7-8,15-16,18,27-30H,4-6,9-10H2,1-3H3/t15-,16+,18-/m0/s1. The Labute approximate surface area is 178 Å². The number of fused-ring (bicyclic) bond motifs is 1. The summed E-state index contributed by atoms with van der Waals surface area (Å²) in [6.45, 7) is 5.36. The van der Waals surface area contributed by atoms with Gasteiger partial charge in [-0.15, -0.1) is 10.2 Å². The van der Waals surface area contributed by atoms with E-state index >= 15 is 0 Å². The van der Waals surface area contributed by atoms with Crippen molar-refractivity contribution in [2.45, 2.75) is 65.0 Å². The van der Waals surface area contributed by atoms with Crippen molar-refractivity contribution in [2.75, 3.05) is 6.61 Å². The molecule has 0 amide bonds. The molecule has 0 aliphatic rings. The highest BCUT2D eigenvalue weighted by atomic mass is 16.4. The molecule has 3 atom stereocenters. The molecular formula is C20H28N6O5. The molecule has 0 saturated heterocycles. The lowest BCUT2D eigenvalue weighted by atomic mass is 10.1. The van der Waals surface area contributed by atoms with E-state index in [1.807, 2.05) is 26.8 Å². The van der Waals surface area contributed by atoms with E-state index in [1.165, 1.54) is 9.36 Å². The van der Waals surface area contributed by atoms with Crippen LogP contribution in [-0.2, 0) is 13.1 Å². The SMILES string of the molecule is CCCCn1nnc(-c2nc3cc(C)c(C)cc3n(C[C@H](O)[C@H](O)[C@H](O)CO)c2=O)n1. The van der Waals surface area contributed by atoms with E-state index in [9.17, 15) is 20.1 Å². The van der Waals surface area contributed by atoms with Gasteiger partial charge in [-0.3, -0.25) is 4.79 Å². The third-order valence-electron chi connectivity index (χ3n) is 5.28. The van der Waals surface area contributed by atoms with Crippen molar-refractivity contribution in [2.24, 2.45) is 0 Å². The van der Waals surface area contributed by atoms with Crippen LogP contribution in [0.15, 0.2) is 16.9 Å². The highest BCUT2D eigenvalue weighted by Gasteiger charge is 2.26. The van der Waals surface area contributed by atoms with Crippen molar-refractivity contribution >= 4 is 11.0 Å². The number of rotatable bonds is 9. The molecule has 4 N–H and O–H groups in total. The van der Waals surface area contributed by atoms with Gasteiger partial charge in [0.15, 0.2) is 5.69 Å². The Kier molecular flexibility index (Phi) is 7.11. The van der Waals surface area contributed by atoms with Crippen LogP contribution in [0.5, 0.6) is 0 Å². The minimum atomic E-state index is -1.64. The molecule has 0 saturated carbocycles. The van der Waals surface area contributed by atoms with Crippen LogP contribution < -0.4 is 5.56 Å². The van der Waals surface area contributed by atoms with Crippen molar-refractivity contribution in [1.82, 2.24) is 29.8 Å². The van der Waals surface area contributed by atoms with Gasteiger partial charge in [0.25, 0.3) is 5.56 Å². The first-order valence-electron chi connectivity index (χ1n) is 10.2. The number of aliphatic hydroxyl groups excluding tert-OH is 4. The van der Waals surface area contributed by atoms with Gasteiger partial charge in [-0.1, -0.05) is 13.3 Å². The Bertz CT molecular complexity index is 1110. The number of nitrogens with zero attached hydrogens (tertiary/aromatic N) is 6. The average Bonchev–Trinajstić information content (AvgIpc) is 3.22. The molecule has 0 aliphatic carbocycles. The summed E-state index contributed by atoms with van der Waals surface area (Å²) in [7, 11) is 0. The molecule has 2 aromatic heterocycles. The van der Waals surface area contributed by atoms with Crippen molar-refractivity contribution in [3.05, 3.63) is 33.6 Å². The third kappa shape index (κ3) is 4.79. The molecule has 11 nitrogen and oxygen atoms in total. The molecule has 11 heteroatoms. The van der Waals surface area contributed by atoms with Crippen molar-refractivity contribution in [1.29, 1.82) is 0 Å². The Morgan fingerprint density at radius 2 is 1.81 bits per heavy atom. The van der Waals surface area contributed by atoms with E-state index in [4.69, 9.17) is 5.11 Å². The van der Waals surface area contributed by atoms with Gasteiger partial charge in [-0.05, 0) is 48.7 Å². The summed E-state index contributed by atoms with van der Waals surface area (Å²) in [5, 5.41) is 51.3. The van der Waals surface area contributed by atoms with Crippen LogP contribution >= 0.6 is 0 Å². The summed E-state index contributed by atoms with van der Waals surface area (Å²) in [5.41, 5.74) is 2.25. The van der Waals surface area contributed by atoms with Crippen LogP contribution in [0, 0.1) is 13.8 Å². The summed E-state index contributed by atoms with van der Waals surface area (Å²) >= 11 is 0. The predicted molar refractivity (Wildman–Crippen MR) is 112 cm³/mol. The predicted octanol–water partition coefficient (Wildman–Crippen LogP) is -0.458. The van der Waals surface area contributed by atoms with Gasteiger partial charge in [0, 0.05) is 0 Å². The zero-order valence-electron chi connectivity index (χ0n) is 17.8. The fraction of sp³-hybridized carbons (Fsp3) is 0.550. The van der Waals surface area contributed by atoms with E-state index in [0.717, 1.165) is 24.0 Å². The summed E-state index contributed by atoms with van der Waals surface area (Å²) in [6.07, 6.45) is -2.86. The minimum Gasteiger partial charge on any atom is -0.394 e. The van der Waals surface area contributed by atoms with Crippen LogP contribution in [0.1, 0.15) is 30.9 Å². The van der Waals surface area contributed by atoms with Crippen LogP contribution in [0.3, 0.4) is 0 Å². The summed E-state index contributed by atoms with van der Waals surface area (Å²) in [4.78, 5) is 19.1. The van der Waals surface area contributed by atoms with Crippen molar-refractivity contribution in [3.63, 3.8) is 0 Å². The quantitative estimate of drug-likeness (QED) is 0.351. The van der Waals surface area contributed by atoms with E-state index in [1.54, 1.807) is 6.07 Å². The number of benzene rings is 1. The number of hydrogen-bond acceptors (Lipinski definition) is 9. The molecule has 0 unspecified atom stereocenters. The first-order valence-corrected chi connectivity index (χ1v) is 10.2. The first-order chi connectivity index (χ1) is 14.8. The molecule has 168 valence electrons. The molecule has 0 aliphatic heterocycles. The maximum Gasteiger partial charge on any atom is 0.281 e. The Morgan fingerprint density at radius 1 is 1.10 bits per heavy atom. The second kappa shape index (κ2) is 9.60. The van der Waals surface area contributed by atoms with Crippen LogP contribution in [0.25, 0.3) is 22.6 Å². The maximum absolute atomic E-state index is 13.3. The Hall–Kier alpha value is -2.73. The molecule has 0 fully saturated rings. The summed E-state index contributed by atoms with van der Waals surface area (Å²) in [5.74, 6) is 0.0698. The molecule has 2 heterocycles. The van der Waals surface area contributed by atoms with E-state index in [2.05, 4.69) is 20.4 Å². The number of aromatic nitrogens is 6. The van der Waals surface area contributed by atoms with Gasteiger partial charge in [-0.25, -0.2) is 4.98 Å². The normalized spacial score (nSPS) is 14.7. The second-order valence-electron chi connectivity index (χ2n) is 7.67. The number of unbranched alkanes of at least 4 members (excludes halogenated alkanes) is 1. The van der Waals surface area contributed by atoms with Crippen LogP contribution in [0.4, 0.5) is 0 Å².